The van der Waals surface area contributed by atoms with Crippen LogP contribution < -0.4 is 5.32 Å². The van der Waals surface area contributed by atoms with Crippen LogP contribution in [-0.2, 0) is 19.1 Å². The van der Waals surface area contributed by atoms with Gasteiger partial charge in [-0.1, -0.05) is 0 Å². The number of hydrogen-bond donors (Lipinski definition) is 1. The van der Waals surface area contributed by atoms with Crippen molar-refractivity contribution in [2.24, 2.45) is 0 Å². The van der Waals surface area contributed by atoms with E-state index in [0.29, 0.717) is 26.0 Å². The Morgan fingerprint density at radius 3 is 2.79 bits per heavy atom. The third kappa shape index (κ3) is 2.23. The first kappa shape index (κ1) is 9.45. The lowest BCUT2D eigenvalue weighted by Crippen LogP contribution is -2.31. The number of cyclic esters (lactones) is 1. The molecule has 0 spiro atoms. The summed E-state index contributed by atoms with van der Waals surface area (Å²) in [6, 6.07) is 0. The number of rotatable bonds is 2. The Morgan fingerprint density at radius 2 is 2.14 bits per heavy atom. The highest BCUT2D eigenvalue weighted by molar-refractivity contribution is 5.78. The minimum absolute atomic E-state index is 0.0217. The van der Waals surface area contributed by atoms with Crippen molar-refractivity contribution in [1.29, 1.82) is 0 Å². The molecule has 0 aromatic carbocycles. The average molecular weight is 199 g/mol. The van der Waals surface area contributed by atoms with Crippen LogP contribution in [0.5, 0.6) is 0 Å². The van der Waals surface area contributed by atoms with Crippen LogP contribution in [0.4, 0.5) is 0 Å². The van der Waals surface area contributed by atoms with Crippen molar-refractivity contribution in [3.05, 3.63) is 0 Å². The van der Waals surface area contributed by atoms with Gasteiger partial charge in [-0.2, -0.15) is 0 Å². The van der Waals surface area contributed by atoms with Crippen molar-refractivity contribution in [1.82, 2.24) is 5.32 Å². The molecule has 5 heteroatoms. The quantitative estimate of drug-likeness (QED) is 0.614. The summed E-state index contributed by atoms with van der Waals surface area (Å²) in [4.78, 5) is 21.8. The molecule has 2 fully saturated rings. The largest absolute Gasteiger partial charge is 0.465 e. The summed E-state index contributed by atoms with van der Waals surface area (Å²) in [5.74, 6) is -0.188. The van der Waals surface area contributed by atoms with Crippen molar-refractivity contribution in [2.45, 2.75) is 31.5 Å². The second kappa shape index (κ2) is 3.96. The van der Waals surface area contributed by atoms with Crippen LogP contribution in [0, 0.1) is 0 Å². The fraction of sp³-hybridized carbons (Fsp3) is 0.778. The zero-order valence-electron chi connectivity index (χ0n) is 7.82. The molecule has 2 saturated heterocycles. The molecule has 1 N–H and O–H groups in total. The van der Waals surface area contributed by atoms with Crippen molar-refractivity contribution in [3.8, 4) is 0 Å². The van der Waals surface area contributed by atoms with Gasteiger partial charge in [0.2, 0.25) is 5.91 Å². The summed E-state index contributed by atoms with van der Waals surface area (Å²) in [5, 5.41) is 2.69. The predicted molar refractivity (Wildman–Crippen MR) is 46.5 cm³/mol. The standard InChI is InChI=1S/C9H13NO4/c11-8-3-7(5-10-8)14-6-1-2-13-9(12)4-6/h6-7H,1-5H2,(H,10,11)/t6?,7-/m0/s1. The Labute approximate surface area is 81.7 Å². The molecule has 78 valence electrons. The van der Waals surface area contributed by atoms with Gasteiger partial charge in [0, 0.05) is 13.0 Å². The van der Waals surface area contributed by atoms with E-state index in [4.69, 9.17) is 9.47 Å². The van der Waals surface area contributed by atoms with E-state index >= 15 is 0 Å². The van der Waals surface area contributed by atoms with E-state index in [1.165, 1.54) is 0 Å². The minimum atomic E-state index is -0.210. The SMILES string of the molecule is O=C1C[C@H](OC2CCOC(=O)C2)CN1. The molecule has 0 aromatic heterocycles. The lowest BCUT2D eigenvalue weighted by atomic mass is 10.1. The predicted octanol–water partition coefficient (Wildman–Crippen LogP) is -0.403. The van der Waals surface area contributed by atoms with Crippen LogP contribution in [0.1, 0.15) is 19.3 Å². The molecule has 0 saturated carbocycles. The number of esters is 1. The van der Waals surface area contributed by atoms with Crippen LogP contribution >= 0.6 is 0 Å². The maximum Gasteiger partial charge on any atom is 0.308 e. The molecule has 2 atom stereocenters. The monoisotopic (exact) mass is 199 g/mol. The third-order valence-corrected chi connectivity index (χ3v) is 2.42. The van der Waals surface area contributed by atoms with E-state index in [1.807, 2.05) is 0 Å². The van der Waals surface area contributed by atoms with E-state index in [-0.39, 0.29) is 24.1 Å². The number of carbonyl (C=O) groups excluding carboxylic acids is 2. The fourth-order valence-electron chi connectivity index (χ4n) is 1.71. The second-order valence-electron chi connectivity index (χ2n) is 3.60. The second-order valence-corrected chi connectivity index (χ2v) is 3.60. The van der Waals surface area contributed by atoms with Gasteiger partial charge in [0.15, 0.2) is 0 Å². The summed E-state index contributed by atoms with van der Waals surface area (Å²) in [5.41, 5.74) is 0. The van der Waals surface area contributed by atoms with Gasteiger partial charge in [0.05, 0.1) is 31.7 Å². The van der Waals surface area contributed by atoms with Crippen LogP contribution in [0.3, 0.4) is 0 Å². The fourth-order valence-corrected chi connectivity index (χ4v) is 1.71. The molecule has 0 bridgehead atoms. The number of nitrogens with one attached hydrogen (secondary N) is 1. The first-order chi connectivity index (χ1) is 6.74. The Morgan fingerprint density at radius 1 is 1.29 bits per heavy atom. The van der Waals surface area contributed by atoms with Crippen molar-refractivity contribution in [2.75, 3.05) is 13.2 Å². The van der Waals surface area contributed by atoms with Gasteiger partial charge in [-0.05, 0) is 0 Å². The van der Waals surface area contributed by atoms with E-state index in [9.17, 15) is 9.59 Å². The van der Waals surface area contributed by atoms with Gasteiger partial charge in [-0.3, -0.25) is 9.59 Å². The minimum Gasteiger partial charge on any atom is -0.465 e. The molecule has 2 aliphatic rings. The summed E-state index contributed by atoms with van der Waals surface area (Å²) in [7, 11) is 0. The molecule has 0 aliphatic carbocycles. The molecule has 0 radical (unpaired) electrons. The first-order valence-corrected chi connectivity index (χ1v) is 4.82. The normalized spacial score (nSPS) is 32.6. The van der Waals surface area contributed by atoms with E-state index in [1.54, 1.807) is 0 Å². The smallest absolute Gasteiger partial charge is 0.308 e. The summed E-state index contributed by atoms with van der Waals surface area (Å²) in [6.07, 6.45) is 1.31. The third-order valence-electron chi connectivity index (χ3n) is 2.42. The molecular formula is C9H13NO4. The van der Waals surface area contributed by atoms with Gasteiger partial charge in [-0.15, -0.1) is 0 Å². The average Bonchev–Trinajstić information content (AvgIpc) is 2.51. The Hall–Kier alpha value is -1.10. The lowest BCUT2D eigenvalue weighted by molar-refractivity contribution is -0.156. The first-order valence-electron chi connectivity index (χ1n) is 4.82. The van der Waals surface area contributed by atoms with Gasteiger partial charge < -0.3 is 14.8 Å². The molecule has 14 heavy (non-hydrogen) atoms. The van der Waals surface area contributed by atoms with Gasteiger partial charge in [-0.25, -0.2) is 0 Å². The van der Waals surface area contributed by atoms with Gasteiger partial charge in [0.1, 0.15) is 0 Å². The highest BCUT2D eigenvalue weighted by Gasteiger charge is 2.28. The zero-order chi connectivity index (χ0) is 9.97. The molecule has 1 unspecified atom stereocenters. The molecule has 2 heterocycles. The molecular weight excluding hydrogens is 186 g/mol. The Bertz CT molecular complexity index is 253. The van der Waals surface area contributed by atoms with Crippen LogP contribution in [-0.4, -0.2) is 37.2 Å². The maximum atomic E-state index is 10.9. The van der Waals surface area contributed by atoms with Crippen LogP contribution in [0.2, 0.25) is 0 Å². The number of ether oxygens (including phenoxy) is 2. The molecule has 2 rings (SSSR count). The topological polar surface area (TPSA) is 64.6 Å². The van der Waals surface area contributed by atoms with Gasteiger partial charge >= 0.3 is 5.97 Å². The summed E-state index contributed by atoms with van der Waals surface area (Å²) < 4.78 is 10.4. The van der Waals surface area contributed by atoms with Crippen molar-refractivity contribution < 1.29 is 19.1 Å². The highest BCUT2D eigenvalue weighted by atomic mass is 16.5. The summed E-state index contributed by atoms with van der Waals surface area (Å²) in [6.45, 7) is 0.988. The maximum absolute atomic E-state index is 10.9. The number of hydrogen-bond acceptors (Lipinski definition) is 4. The highest BCUT2D eigenvalue weighted by Crippen LogP contribution is 2.16. The van der Waals surface area contributed by atoms with Crippen molar-refractivity contribution in [3.63, 3.8) is 0 Å². The molecule has 0 aromatic rings. The summed E-state index contributed by atoms with van der Waals surface area (Å²) >= 11 is 0. The number of amides is 1. The van der Waals surface area contributed by atoms with Gasteiger partial charge in [0.25, 0.3) is 0 Å². The van der Waals surface area contributed by atoms with E-state index in [2.05, 4.69) is 5.32 Å². The Balaban J connectivity index is 1.79. The Kier molecular flexibility index (Phi) is 2.67. The zero-order valence-corrected chi connectivity index (χ0v) is 7.82. The molecule has 5 nitrogen and oxygen atoms in total. The van der Waals surface area contributed by atoms with E-state index in [0.717, 1.165) is 6.42 Å². The van der Waals surface area contributed by atoms with Crippen molar-refractivity contribution >= 4 is 11.9 Å². The number of carbonyl (C=O) groups is 2. The van der Waals surface area contributed by atoms with Crippen LogP contribution in [0.15, 0.2) is 0 Å². The molecule has 2 aliphatic heterocycles. The van der Waals surface area contributed by atoms with Crippen LogP contribution in [0.25, 0.3) is 0 Å². The lowest BCUT2D eigenvalue weighted by Gasteiger charge is -2.24. The molecule has 1 amide bonds. The van der Waals surface area contributed by atoms with E-state index < -0.39 is 0 Å².